The third kappa shape index (κ3) is 3.06. The lowest BCUT2D eigenvalue weighted by molar-refractivity contribution is 0.176. The maximum atomic E-state index is 11.6. The molecule has 3 nitrogen and oxygen atoms in total. The Bertz CT molecular complexity index is 439. The standard InChI is InChI=1S/C11H15BrO3S/c1-3-16(14,15)8(2)11(13)9-4-6-10(12)7-5-9/h4-8,11,13H,3H2,1-2H3/t8-,11-/m0/s1. The van der Waals surface area contributed by atoms with Crippen LogP contribution in [-0.2, 0) is 9.84 Å². The van der Waals surface area contributed by atoms with Gasteiger partial charge in [-0.25, -0.2) is 8.42 Å². The number of hydrogen-bond donors (Lipinski definition) is 1. The van der Waals surface area contributed by atoms with Crippen molar-refractivity contribution in [1.82, 2.24) is 0 Å². The molecule has 0 fully saturated rings. The van der Waals surface area contributed by atoms with Crippen LogP contribution in [-0.4, -0.2) is 24.5 Å². The van der Waals surface area contributed by atoms with Crippen LogP contribution in [0.15, 0.2) is 28.7 Å². The molecule has 0 aromatic heterocycles. The van der Waals surface area contributed by atoms with Gasteiger partial charge in [-0.3, -0.25) is 0 Å². The number of rotatable bonds is 4. The molecule has 2 atom stereocenters. The Balaban J connectivity index is 2.94. The first-order chi connectivity index (χ1) is 7.38. The normalized spacial score (nSPS) is 15.8. The maximum Gasteiger partial charge on any atom is 0.155 e. The van der Waals surface area contributed by atoms with Gasteiger partial charge < -0.3 is 5.11 Å². The summed E-state index contributed by atoms with van der Waals surface area (Å²) in [5.41, 5.74) is 0.618. The second-order valence-corrected chi connectivity index (χ2v) is 7.22. The minimum Gasteiger partial charge on any atom is -0.387 e. The van der Waals surface area contributed by atoms with E-state index in [1.165, 1.54) is 6.92 Å². The highest BCUT2D eigenvalue weighted by atomic mass is 79.9. The van der Waals surface area contributed by atoms with E-state index in [0.29, 0.717) is 5.56 Å². The number of sulfone groups is 1. The lowest BCUT2D eigenvalue weighted by Gasteiger charge is -2.18. The van der Waals surface area contributed by atoms with Crippen LogP contribution >= 0.6 is 15.9 Å². The molecule has 0 spiro atoms. The van der Waals surface area contributed by atoms with Crippen molar-refractivity contribution in [2.75, 3.05) is 5.75 Å². The van der Waals surface area contributed by atoms with Gasteiger partial charge in [0.1, 0.15) is 0 Å². The molecule has 90 valence electrons. The van der Waals surface area contributed by atoms with E-state index in [9.17, 15) is 13.5 Å². The van der Waals surface area contributed by atoms with Crippen molar-refractivity contribution in [2.24, 2.45) is 0 Å². The van der Waals surface area contributed by atoms with Gasteiger partial charge in [-0.2, -0.15) is 0 Å². The molecule has 1 aromatic rings. The fraction of sp³-hybridized carbons (Fsp3) is 0.455. The predicted octanol–water partition coefficient (Wildman–Crippen LogP) is 2.31. The highest BCUT2D eigenvalue weighted by Gasteiger charge is 2.27. The van der Waals surface area contributed by atoms with E-state index in [-0.39, 0.29) is 5.75 Å². The molecule has 1 rings (SSSR count). The minimum absolute atomic E-state index is 0.0434. The average Bonchev–Trinajstić information content (AvgIpc) is 2.28. The second kappa shape index (κ2) is 5.29. The van der Waals surface area contributed by atoms with E-state index in [4.69, 9.17) is 0 Å². The van der Waals surface area contributed by atoms with Crippen LogP contribution in [0.25, 0.3) is 0 Å². The van der Waals surface area contributed by atoms with Crippen molar-refractivity contribution >= 4 is 25.8 Å². The first kappa shape index (κ1) is 13.7. The summed E-state index contributed by atoms with van der Waals surface area (Å²) in [5.74, 6) is 0.0434. The van der Waals surface area contributed by atoms with Crippen LogP contribution < -0.4 is 0 Å². The van der Waals surface area contributed by atoms with Crippen molar-refractivity contribution in [2.45, 2.75) is 25.2 Å². The summed E-state index contributed by atoms with van der Waals surface area (Å²) in [6.45, 7) is 3.12. The quantitative estimate of drug-likeness (QED) is 0.928. The van der Waals surface area contributed by atoms with Gasteiger partial charge in [-0.05, 0) is 24.6 Å². The van der Waals surface area contributed by atoms with Crippen molar-refractivity contribution in [3.63, 3.8) is 0 Å². The number of aliphatic hydroxyl groups excluding tert-OH is 1. The van der Waals surface area contributed by atoms with Crippen molar-refractivity contribution in [1.29, 1.82) is 0 Å². The monoisotopic (exact) mass is 306 g/mol. The fourth-order valence-electron chi connectivity index (χ4n) is 1.39. The van der Waals surface area contributed by atoms with E-state index < -0.39 is 21.2 Å². The van der Waals surface area contributed by atoms with Gasteiger partial charge >= 0.3 is 0 Å². The predicted molar refractivity (Wildman–Crippen MR) is 68.0 cm³/mol. The zero-order valence-corrected chi connectivity index (χ0v) is 11.6. The Kier molecular flexibility index (Phi) is 4.52. The molecular weight excluding hydrogens is 292 g/mol. The van der Waals surface area contributed by atoms with Gasteiger partial charge in [-0.15, -0.1) is 0 Å². The largest absolute Gasteiger partial charge is 0.387 e. The molecule has 0 radical (unpaired) electrons. The summed E-state index contributed by atoms with van der Waals surface area (Å²) in [4.78, 5) is 0. The lowest BCUT2D eigenvalue weighted by atomic mass is 10.1. The van der Waals surface area contributed by atoms with Gasteiger partial charge in [0, 0.05) is 10.2 Å². The smallest absolute Gasteiger partial charge is 0.155 e. The van der Waals surface area contributed by atoms with Gasteiger partial charge in [-0.1, -0.05) is 35.0 Å². The van der Waals surface area contributed by atoms with E-state index in [2.05, 4.69) is 15.9 Å². The first-order valence-electron chi connectivity index (χ1n) is 5.03. The van der Waals surface area contributed by atoms with Gasteiger partial charge in [0.2, 0.25) is 0 Å². The highest BCUT2D eigenvalue weighted by Crippen LogP contribution is 2.23. The summed E-state index contributed by atoms with van der Waals surface area (Å²) in [6, 6.07) is 7.00. The highest BCUT2D eigenvalue weighted by molar-refractivity contribution is 9.10. The van der Waals surface area contributed by atoms with Crippen LogP contribution in [0.4, 0.5) is 0 Å². The maximum absolute atomic E-state index is 11.6. The Morgan fingerprint density at radius 3 is 2.25 bits per heavy atom. The van der Waals surface area contributed by atoms with Gasteiger partial charge in [0.25, 0.3) is 0 Å². The summed E-state index contributed by atoms with van der Waals surface area (Å²) in [7, 11) is -3.22. The van der Waals surface area contributed by atoms with E-state index in [1.54, 1.807) is 31.2 Å². The Morgan fingerprint density at radius 1 is 1.31 bits per heavy atom. The summed E-state index contributed by atoms with van der Waals surface area (Å²) < 4.78 is 24.1. The minimum atomic E-state index is -3.22. The summed E-state index contributed by atoms with van der Waals surface area (Å²) >= 11 is 3.28. The zero-order chi connectivity index (χ0) is 12.3. The molecule has 0 aliphatic heterocycles. The lowest BCUT2D eigenvalue weighted by Crippen LogP contribution is -2.26. The SMILES string of the molecule is CCS(=O)(=O)[C@@H](C)[C@H](O)c1ccc(Br)cc1. The first-order valence-corrected chi connectivity index (χ1v) is 7.54. The van der Waals surface area contributed by atoms with Crippen molar-refractivity contribution in [3.8, 4) is 0 Å². The molecule has 0 saturated carbocycles. The molecule has 16 heavy (non-hydrogen) atoms. The molecule has 0 saturated heterocycles. The molecule has 5 heteroatoms. The Morgan fingerprint density at radius 2 is 1.81 bits per heavy atom. The summed E-state index contributed by atoms with van der Waals surface area (Å²) in [6.07, 6.45) is -0.974. The molecule has 0 amide bonds. The number of halogens is 1. The zero-order valence-electron chi connectivity index (χ0n) is 9.22. The average molecular weight is 307 g/mol. The number of benzene rings is 1. The van der Waals surface area contributed by atoms with E-state index in [1.807, 2.05) is 0 Å². The van der Waals surface area contributed by atoms with Crippen LogP contribution in [0.2, 0.25) is 0 Å². The molecule has 0 heterocycles. The van der Waals surface area contributed by atoms with Crippen LogP contribution in [0.5, 0.6) is 0 Å². The van der Waals surface area contributed by atoms with Crippen LogP contribution in [0.3, 0.4) is 0 Å². The topological polar surface area (TPSA) is 54.4 Å². The molecule has 0 unspecified atom stereocenters. The van der Waals surface area contributed by atoms with Crippen LogP contribution in [0.1, 0.15) is 25.5 Å². The van der Waals surface area contributed by atoms with Crippen molar-refractivity contribution in [3.05, 3.63) is 34.3 Å². The third-order valence-electron chi connectivity index (χ3n) is 2.62. The molecule has 1 aromatic carbocycles. The van der Waals surface area contributed by atoms with Gasteiger partial charge in [0.15, 0.2) is 9.84 Å². The molecule has 0 aliphatic rings. The fourth-order valence-corrected chi connectivity index (χ4v) is 2.73. The molecule has 0 bridgehead atoms. The Labute approximate surface area is 105 Å². The number of aliphatic hydroxyl groups is 1. The molecule has 0 aliphatic carbocycles. The molecular formula is C11H15BrO3S. The summed E-state index contributed by atoms with van der Waals surface area (Å²) in [5, 5.41) is 9.17. The van der Waals surface area contributed by atoms with Crippen LogP contribution in [0, 0.1) is 0 Å². The van der Waals surface area contributed by atoms with E-state index in [0.717, 1.165) is 4.47 Å². The Hall–Kier alpha value is -0.390. The molecule has 1 N–H and O–H groups in total. The third-order valence-corrected chi connectivity index (χ3v) is 5.35. The number of hydrogen-bond acceptors (Lipinski definition) is 3. The van der Waals surface area contributed by atoms with Gasteiger partial charge in [0.05, 0.1) is 11.4 Å². The van der Waals surface area contributed by atoms with E-state index >= 15 is 0 Å². The van der Waals surface area contributed by atoms with Crippen molar-refractivity contribution < 1.29 is 13.5 Å². The second-order valence-electron chi connectivity index (χ2n) is 3.65.